The molecule has 0 bridgehead atoms. The van der Waals surface area contributed by atoms with Gasteiger partial charge in [-0.3, -0.25) is 4.89 Å². The molecule has 0 aromatic carbocycles. The largest absolute Gasteiger partial charge is 0.546 e. The monoisotopic (exact) mass is 181 g/mol. The second-order valence-electron chi connectivity index (χ2n) is 1.73. The van der Waals surface area contributed by atoms with Crippen LogP contribution in [-0.2, 0) is 18.5 Å². The van der Waals surface area contributed by atoms with E-state index in [1.165, 1.54) is 6.92 Å². The zero-order chi connectivity index (χ0) is 9.07. The molecule has 3 N–H and O–H groups in total. The third-order valence-electron chi connectivity index (χ3n) is 0.680. The Balaban J connectivity index is 4.16. The van der Waals surface area contributed by atoms with E-state index in [2.05, 4.69) is 21.6 Å². The Morgan fingerprint density at radius 2 is 2.18 bits per heavy atom. The first-order valence-electron chi connectivity index (χ1n) is 2.50. The predicted molar refractivity (Wildman–Crippen MR) is 36.0 cm³/mol. The van der Waals surface area contributed by atoms with Crippen LogP contribution >= 0.6 is 7.82 Å². The summed E-state index contributed by atoms with van der Waals surface area (Å²) >= 11 is 0. The zero-order valence-electron chi connectivity index (χ0n) is 5.81. The molecule has 1 atom stereocenters. The van der Waals surface area contributed by atoms with Gasteiger partial charge in [0, 0.05) is 5.57 Å². The summed E-state index contributed by atoms with van der Waals surface area (Å²) in [5, 5.41) is 0. The molecule has 1 unspecified atom stereocenters. The minimum atomic E-state index is -4.42. The van der Waals surface area contributed by atoms with E-state index in [-0.39, 0.29) is 5.57 Å². The van der Waals surface area contributed by atoms with Gasteiger partial charge in [-0.05, 0) is 6.92 Å². The van der Waals surface area contributed by atoms with Gasteiger partial charge in [0.15, 0.2) is 0 Å². The number of rotatable bonds is 3. The summed E-state index contributed by atoms with van der Waals surface area (Å²) in [5.41, 5.74) is -0.0173. The number of phosphoric ester groups is 1. The van der Waals surface area contributed by atoms with E-state index in [1.807, 2.05) is 0 Å². The van der Waals surface area contributed by atoms with Gasteiger partial charge in [-0.2, -0.15) is 4.62 Å². The molecule has 64 valence electrons. The van der Waals surface area contributed by atoms with Gasteiger partial charge in [0.25, 0.3) is 0 Å². The quantitative estimate of drug-likeness (QED) is 0.363. The van der Waals surface area contributed by atoms with Crippen molar-refractivity contribution in [1.29, 1.82) is 0 Å². The third-order valence-corrected chi connectivity index (χ3v) is 1.34. The van der Waals surface area contributed by atoms with Gasteiger partial charge in [0.05, 0.1) is 0 Å². The first-order chi connectivity index (χ1) is 4.89. The van der Waals surface area contributed by atoms with Crippen molar-refractivity contribution in [3.8, 4) is 0 Å². The second kappa shape index (κ2) is 3.64. The van der Waals surface area contributed by atoms with Gasteiger partial charge >= 0.3 is 13.8 Å². The highest BCUT2D eigenvalue weighted by molar-refractivity contribution is 7.47. The van der Waals surface area contributed by atoms with Crippen LogP contribution in [0.1, 0.15) is 6.92 Å². The van der Waals surface area contributed by atoms with Gasteiger partial charge in [-0.1, -0.05) is 6.58 Å². The van der Waals surface area contributed by atoms with Crippen molar-refractivity contribution in [2.75, 3.05) is 0 Å². The molecule has 11 heavy (non-hydrogen) atoms. The second-order valence-corrected chi connectivity index (χ2v) is 3.06. The van der Waals surface area contributed by atoms with Gasteiger partial charge in [0.2, 0.25) is 0 Å². The SMILES string of the molecule is C=C(C)C(=O)OP(=O)(O)ON. The van der Waals surface area contributed by atoms with Crippen LogP contribution < -0.4 is 5.90 Å². The molecule has 0 radical (unpaired) electrons. The molecule has 6 nitrogen and oxygen atoms in total. The summed E-state index contributed by atoms with van der Waals surface area (Å²) in [5.74, 6) is 3.31. The number of phosphoric acid groups is 1. The fourth-order valence-electron chi connectivity index (χ4n) is 0.204. The highest BCUT2D eigenvalue weighted by Crippen LogP contribution is 2.41. The van der Waals surface area contributed by atoms with Crippen LogP contribution in [-0.4, -0.2) is 10.9 Å². The molecular weight excluding hydrogens is 173 g/mol. The Morgan fingerprint density at radius 3 is 2.45 bits per heavy atom. The van der Waals surface area contributed by atoms with Crippen molar-refractivity contribution < 1.29 is 23.4 Å². The first kappa shape index (κ1) is 10.3. The van der Waals surface area contributed by atoms with E-state index in [9.17, 15) is 9.36 Å². The number of carbonyl (C=O) groups is 1. The van der Waals surface area contributed by atoms with Crippen LogP contribution in [0.5, 0.6) is 0 Å². The van der Waals surface area contributed by atoms with Crippen LogP contribution in [0, 0.1) is 0 Å². The van der Waals surface area contributed by atoms with Crippen LogP contribution in [0.2, 0.25) is 0 Å². The predicted octanol–water partition coefficient (Wildman–Crippen LogP) is 0.0964. The van der Waals surface area contributed by atoms with Crippen LogP contribution in [0.25, 0.3) is 0 Å². The molecule has 0 aliphatic heterocycles. The zero-order valence-corrected chi connectivity index (χ0v) is 6.71. The van der Waals surface area contributed by atoms with Crippen LogP contribution in [0.4, 0.5) is 0 Å². The molecule has 0 aromatic rings. The average molecular weight is 181 g/mol. The Morgan fingerprint density at radius 1 is 1.73 bits per heavy atom. The summed E-state index contributed by atoms with van der Waals surface area (Å²) in [6, 6.07) is 0. The van der Waals surface area contributed by atoms with Gasteiger partial charge in [-0.25, -0.2) is 15.3 Å². The fraction of sp³-hybridized carbons (Fsp3) is 0.250. The summed E-state index contributed by atoms with van der Waals surface area (Å²) in [7, 11) is -4.42. The van der Waals surface area contributed by atoms with Crippen molar-refractivity contribution in [3.05, 3.63) is 12.2 Å². The summed E-state index contributed by atoms with van der Waals surface area (Å²) < 4.78 is 17.8. The highest BCUT2D eigenvalue weighted by Gasteiger charge is 2.25. The lowest BCUT2D eigenvalue weighted by molar-refractivity contribution is -0.131. The maximum atomic E-state index is 10.5. The topological polar surface area (TPSA) is 98.9 Å². The Bertz CT molecular complexity index is 225. The summed E-state index contributed by atoms with van der Waals surface area (Å²) in [6.07, 6.45) is 0. The molecule has 0 heterocycles. The fourth-order valence-corrected chi connectivity index (χ4v) is 0.613. The Kier molecular flexibility index (Phi) is 3.41. The van der Waals surface area contributed by atoms with Gasteiger partial charge in [-0.15, -0.1) is 0 Å². The first-order valence-corrected chi connectivity index (χ1v) is 3.99. The lowest BCUT2D eigenvalue weighted by Crippen LogP contribution is -2.07. The van der Waals surface area contributed by atoms with Crippen LogP contribution in [0.3, 0.4) is 0 Å². The molecule has 7 heteroatoms. The normalized spacial score (nSPS) is 15.2. The van der Waals surface area contributed by atoms with Crippen molar-refractivity contribution in [1.82, 2.24) is 0 Å². The van der Waals surface area contributed by atoms with E-state index >= 15 is 0 Å². The molecule has 0 aliphatic carbocycles. The minimum Gasteiger partial charge on any atom is -0.366 e. The van der Waals surface area contributed by atoms with Crippen molar-refractivity contribution in [2.24, 2.45) is 5.90 Å². The van der Waals surface area contributed by atoms with E-state index in [0.717, 1.165) is 0 Å². The maximum absolute atomic E-state index is 10.5. The molecule has 0 rings (SSSR count). The van der Waals surface area contributed by atoms with E-state index in [0.29, 0.717) is 0 Å². The molecule has 0 amide bonds. The van der Waals surface area contributed by atoms with E-state index < -0.39 is 13.8 Å². The highest BCUT2D eigenvalue weighted by atomic mass is 31.2. The lowest BCUT2D eigenvalue weighted by Gasteiger charge is -2.06. The number of nitrogens with two attached hydrogens (primary N) is 1. The average Bonchev–Trinajstić information content (AvgIpc) is 1.87. The third kappa shape index (κ3) is 3.90. The van der Waals surface area contributed by atoms with Gasteiger partial charge in [0.1, 0.15) is 0 Å². The smallest absolute Gasteiger partial charge is 0.366 e. The Labute approximate surface area is 63.2 Å². The lowest BCUT2D eigenvalue weighted by atomic mass is 10.4. The minimum absolute atomic E-state index is 0.0173. The molecule has 0 fully saturated rings. The maximum Gasteiger partial charge on any atom is 0.546 e. The van der Waals surface area contributed by atoms with E-state index in [1.54, 1.807) is 0 Å². The Hall–Kier alpha value is -0.680. The van der Waals surface area contributed by atoms with Crippen LogP contribution in [0.15, 0.2) is 12.2 Å². The molecular formula is C4H8NO5P. The molecule has 0 aromatic heterocycles. The van der Waals surface area contributed by atoms with Gasteiger partial charge < -0.3 is 4.52 Å². The number of carbonyl (C=O) groups excluding carboxylic acids is 1. The molecule has 0 aliphatic rings. The molecule has 0 saturated carbocycles. The number of hydrogen-bond donors (Lipinski definition) is 2. The summed E-state index contributed by atoms with van der Waals surface area (Å²) in [6.45, 7) is 4.49. The molecule has 0 saturated heterocycles. The van der Waals surface area contributed by atoms with E-state index in [4.69, 9.17) is 4.89 Å². The van der Waals surface area contributed by atoms with Crippen molar-refractivity contribution >= 4 is 13.8 Å². The summed E-state index contributed by atoms with van der Waals surface area (Å²) in [4.78, 5) is 19.0. The number of hydrogen-bond acceptors (Lipinski definition) is 5. The van der Waals surface area contributed by atoms with Crippen molar-refractivity contribution in [3.63, 3.8) is 0 Å². The standard InChI is InChI=1S/C4H8NO5P/c1-3(2)4(6)9-11(7,8)10-5/h1,5H2,2H3,(H,7,8). The van der Waals surface area contributed by atoms with Crippen molar-refractivity contribution in [2.45, 2.75) is 6.92 Å². The molecule has 0 spiro atoms.